The van der Waals surface area contributed by atoms with E-state index in [0.717, 1.165) is 10.5 Å². The zero-order valence-corrected chi connectivity index (χ0v) is 20.3. The van der Waals surface area contributed by atoms with Crippen LogP contribution in [-0.2, 0) is 30.8 Å². The minimum absolute atomic E-state index is 0.211. The summed E-state index contributed by atoms with van der Waals surface area (Å²) in [6, 6.07) is 17.2. The normalized spacial score (nSPS) is 11.1. The van der Waals surface area contributed by atoms with E-state index in [1.54, 1.807) is 29.4 Å². The molecule has 0 atom stereocenters. The van der Waals surface area contributed by atoms with Crippen LogP contribution in [0.15, 0.2) is 69.1 Å². The molecule has 9 heteroatoms. The fourth-order valence-electron chi connectivity index (χ4n) is 4.07. The molecule has 4 aromatic rings. The van der Waals surface area contributed by atoms with Crippen molar-refractivity contribution in [1.82, 2.24) is 18.9 Å². The van der Waals surface area contributed by atoms with E-state index in [1.165, 1.54) is 9.13 Å². The minimum atomic E-state index is -0.514. The highest BCUT2D eigenvalue weighted by Gasteiger charge is 2.21. The van der Waals surface area contributed by atoms with Gasteiger partial charge in [-0.25, -0.2) is 4.79 Å². The number of nitrogens with zero attached hydrogens (tertiary/aromatic N) is 4. The van der Waals surface area contributed by atoms with Gasteiger partial charge in [0.15, 0.2) is 5.52 Å². The number of fused-ring (bicyclic) bond motifs is 1. The third kappa shape index (κ3) is 4.70. The van der Waals surface area contributed by atoms with E-state index in [1.807, 2.05) is 61.7 Å². The lowest BCUT2D eigenvalue weighted by Gasteiger charge is -2.13. The van der Waals surface area contributed by atoms with Crippen LogP contribution in [0.25, 0.3) is 11.0 Å². The Morgan fingerprint density at radius 3 is 2.50 bits per heavy atom. The molecule has 2 heterocycles. The van der Waals surface area contributed by atoms with Gasteiger partial charge in [0.05, 0.1) is 5.69 Å². The molecule has 0 aliphatic rings. The first kappa shape index (κ1) is 23.6. The number of benzene rings is 2. The summed E-state index contributed by atoms with van der Waals surface area (Å²) in [5.74, 6) is -0.349. The van der Waals surface area contributed by atoms with E-state index in [-0.39, 0.29) is 24.6 Å². The molecule has 1 N–H and O–H groups in total. The second kappa shape index (κ2) is 10.1. The Bertz CT molecular complexity index is 1450. The predicted octanol–water partition coefficient (Wildman–Crippen LogP) is 3.29. The van der Waals surface area contributed by atoms with E-state index in [9.17, 15) is 14.4 Å². The highest BCUT2D eigenvalue weighted by atomic mass is 32.2. The van der Waals surface area contributed by atoms with Gasteiger partial charge >= 0.3 is 5.69 Å². The van der Waals surface area contributed by atoms with Crippen LogP contribution >= 0.6 is 11.8 Å². The molecule has 0 saturated heterocycles. The summed E-state index contributed by atoms with van der Waals surface area (Å²) >= 11 is 1.58. The molecule has 2 aromatic carbocycles. The van der Waals surface area contributed by atoms with Crippen LogP contribution in [0, 0.1) is 6.92 Å². The maximum atomic E-state index is 13.5. The molecule has 0 saturated carbocycles. The average molecular weight is 478 g/mol. The molecule has 2 aromatic heterocycles. The molecule has 0 bridgehead atoms. The van der Waals surface area contributed by atoms with Crippen LogP contribution in [0.3, 0.4) is 0 Å². The number of hydrogen-bond donors (Lipinski definition) is 1. The smallest absolute Gasteiger partial charge is 0.324 e. The number of anilines is 1. The zero-order valence-electron chi connectivity index (χ0n) is 19.4. The topological polar surface area (TPSA) is 90.9 Å². The maximum absolute atomic E-state index is 13.5. The molecule has 0 unspecified atom stereocenters. The number of nitrogens with one attached hydrogen (secondary N) is 1. The van der Waals surface area contributed by atoms with Gasteiger partial charge in [0, 0.05) is 23.7 Å². The zero-order chi connectivity index (χ0) is 24.2. The Morgan fingerprint density at radius 2 is 1.79 bits per heavy atom. The second-order valence-corrected chi connectivity index (χ2v) is 8.82. The average Bonchev–Trinajstić information content (AvgIpc) is 3.18. The Balaban J connectivity index is 1.75. The van der Waals surface area contributed by atoms with Gasteiger partial charge in [-0.2, -0.15) is 5.10 Å². The number of amides is 1. The molecule has 176 valence electrons. The fraction of sp³-hybridized carbons (Fsp3) is 0.280. The third-order valence-corrected chi connectivity index (χ3v) is 6.42. The Kier molecular flexibility index (Phi) is 7.02. The van der Waals surface area contributed by atoms with Gasteiger partial charge < -0.3 is 5.32 Å². The summed E-state index contributed by atoms with van der Waals surface area (Å²) in [4.78, 5) is 40.8. The largest absolute Gasteiger partial charge is 0.332 e. The summed E-state index contributed by atoms with van der Waals surface area (Å²) in [7, 11) is 0. The van der Waals surface area contributed by atoms with Crippen molar-refractivity contribution in [3.05, 3.63) is 86.7 Å². The minimum Gasteiger partial charge on any atom is -0.324 e. The highest BCUT2D eigenvalue weighted by Crippen LogP contribution is 2.19. The molecule has 0 aliphatic heterocycles. The van der Waals surface area contributed by atoms with Crippen LogP contribution in [-0.4, -0.2) is 31.1 Å². The fourth-order valence-corrected chi connectivity index (χ4v) is 4.53. The molecule has 0 spiro atoms. The van der Waals surface area contributed by atoms with E-state index >= 15 is 0 Å². The molecule has 0 radical (unpaired) electrons. The van der Waals surface area contributed by atoms with Gasteiger partial charge in [-0.1, -0.05) is 36.4 Å². The molecule has 0 aliphatic carbocycles. The van der Waals surface area contributed by atoms with E-state index in [0.29, 0.717) is 35.4 Å². The molecular formula is C25H27N5O3S. The van der Waals surface area contributed by atoms with Crippen LogP contribution in [0.5, 0.6) is 0 Å². The van der Waals surface area contributed by atoms with Crippen molar-refractivity contribution < 1.29 is 4.79 Å². The van der Waals surface area contributed by atoms with Crippen molar-refractivity contribution in [2.45, 2.75) is 44.8 Å². The van der Waals surface area contributed by atoms with Gasteiger partial charge in [-0.3, -0.25) is 23.4 Å². The van der Waals surface area contributed by atoms with E-state index in [2.05, 4.69) is 10.4 Å². The predicted molar refractivity (Wildman–Crippen MR) is 136 cm³/mol. The lowest BCUT2D eigenvalue weighted by Crippen LogP contribution is -2.42. The van der Waals surface area contributed by atoms with Gasteiger partial charge in [-0.05, 0) is 50.3 Å². The molecule has 34 heavy (non-hydrogen) atoms. The van der Waals surface area contributed by atoms with E-state index < -0.39 is 5.69 Å². The standard InChI is InChI=1S/C25H27N5O3S/c1-4-30-23-22(17(2)27-30)29(16-21(31)26-19-11-8-12-20(15-19)34-3)25(33)28(24(23)32)14-13-18-9-6-5-7-10-18/h5-12,15H,4,13-14,16H2,1-3H3,(H,26,31). The maximum Gasteiger partial charge on any atom is 0.332 e. The van der Waals surface area contributed by atoms with Crippen LogP contribution in [0.2, 0.25) is 0 Å². The number of rotatable bonds is 8. The second-order valence-electron chi connectivity index (χ2n) is 7.94. The summed E-state index contributed by atoms with van der Waals surface area (Å²) < 4.78 is 4.18. The van der Waals surface area contributed by atoms with Gasteiger partial charge in [0.25, 0.3) is 5.56 Å². The van der Waals surface area contributed by atoms with Crippen LogP contribution in [0.4, 0.5) is 5.69 Å². The third-order valence-electron chi connectivity index (χ3n) is 5.70. The van der Waals surface area contributed by atoms with Crippen molar-refractivity contribution in [3.63, 3.8) is 0 Å². The van der Waals surface area contributed by atoms with Gasteiger partial charge in [0.1, 0.15) is 12.1 Å². The number of hydrogen-bond acceptors (Lipinski definition) is 5. The molecule has 0 fully saturated rings. The number of carbonyl (C=O) groups is 1. The first-order valence-corrected chi connectivity index (χ1v) is 12.3. The van der Waals surface area contributed by atoms with Crippen LogP contribution < -0.4 is 16.6 Å². The van der Waals surface area contributed by atoms with Crippen LogP contribution in [0.1, 0.15) is 18.2 Å². The van der Waals surface area contributed by atoms with Gasteiger partial charge in [-0.15, -0.1) is 11.8 Å². The number of carbonyl (C=O) groups excluding carboxylic acids is 1. The monoisotopic (exact) mass is 477 g/mol. The molecular weight excluding hydrogens is 450 g/mol. The first-order chi connectivity index (χ1) is 16.4. The Labute approximate surface area is 201 Å². The molecule has 4 rings (SSSR count). The van der Waals surface area contributed by atoms with Gasteiger partial charge in [0.2, 0.25) is 5.91 Å². The van der Waals surface area contributed by atoms with Crippen molar-refractivity contribution in [1.29, 1.82) is 0 Å². The SMILES string of the molecule is CCn1nc(C)c2c1c(=O)n(CCc1ccccc1)c(=O)n2CC(=O)Nc1cccc(SC)c1. The summed E-state index contributed by atoms with van der Waals surface area (Å²) in [5, 5.41) is 7.32. The summed E-state index contributed by atoms with van der Waals surface area (Å²) in [6.07, 6.45) is 2.48. The summed E-state index contributed by atoms with van der Waals surface area (Å²) in [5.41, 5.74) is 2.05. The highest BCUT2D eigenvalue weighted by molar-refractivity contribution is 7.98. The van der Waals surface area contributed by atoms with Crippen molar-refractivity contribution in [3.8, 4) is 0 Å². The van der Waals surface area contributed by atoms with Crippen molar-refractivity contribution >= 4 is 34.4 Å². The number of aromatic nitrogens is 4. The van der Waals surface area contributed by atoms with Crippen molar-refractivity contribution in [2.75, 3.05) is 11.6 Å². The first-order valence-electron chi connectivity index (χ1n) is 11.1. The Hall–Kier alpha value is -3.59. The van der Waals surface area contributed by atoms with E-state index in [4.69, 9.17) is 0 Å². The molecule has 8 nitrogen and oxygen atoms in total. The quantitative estimate of drug-likeness (QED) is 0.393. The lowest BCUT2D eigenvalue weighted by molar-refractivity contribution is -0.116. The summed E-state index contributed by atoms with van der Waals surface area (Å²) in [6.45, 7) is 4.10. The number of thioether (sulfide) groups is 1. The molecule has 1 amide bonds. The van der Waals surface area contributed by atoms with Crippen molar-refractivity contribution in [2.24, 2.45) is 0 Å². The number of aryl methyl sites for hydroxylation is 3. The lowest BCUT2D eigenvalue weighted by atomic mass is 10.1. The Morgan fingerprint density at radius 1 is 1.03 bits per heavy atom.